The van der Waals surface area contributed by atoms with Crippen molar-refractivity contribution in [1.82, 2.24) is 21.0 Å². The number of likely N-dealkylation sites (tertiary alicyclic amines) is 1. The molecule has 0 radical (unpaired) electrons. The number of nitrogens with zero attached hydrogens (tertiary/aromatic N) is 2. The molecular formula is C44H51N5O7. The quantitative estimate of drug-likeness (QED) is 0.0637. The van der Waals surface area contributed by atoms with Gasteiger partial charge in [0.05, 0.1) is 25.5 Å². The number of carbonyl (C=O) groups is 3. The summed E-state index contributed by atoms with van der Waals surface area (Å²) >= 11 is 0. The molecule has 4 aromatic rings. The molecule has 0 bridgehead atoms. The first-order valence-corrected chi connectivity index (χ1v) is 19.6. The van der Waals surface area contributed by atoms with Crippen LogP contribution in [-0.2, 0) is 37.0 Å². The highest BCUT2D eigenvalue weighted by Gasteiger charge is 2.50. The van der Waals surface area contributed by atoms with Gasteiger partial charge in [-0.1, -0.05) is 84.9 Å². The molecular weight excluding hydrogens is 711 g/mol. The van der Waals surface area contributed by atoms with Crippen molar-refractivity contribution in [3.05, 3.63) is 125 Å². The molecule has 3 fully saturated rings. The number of carbonyl (C=O) groups excluding carboxylic acids is 3. The van der Waals surface area contributed by atoms with Gasteiger partial charge in [-0.15, -0.1) is 0 Å². The van der Waals surface area contributed by atoms with Gasteiger partial charge >= 0.3 is 0 Å². The number of amides is 3. The fraction of sp³-hybridized carbons (Fsp3) is 0.386. The van der Waals surface area contributed by atoms with E-state index in [4.69, 9.17) is 14.7 Å². The van der Waals surface area contributed by atoms with E-state index >= 15 is 0 Å². The fourth-order valence-electron chi connectivity index (χ4n) is 8.07. The maximum absolute atomic E-state index is 13.3. The summed E-state index contributed by atoms with van der Waals surface area (Å²) in [6, 6.07) is 34.3. The van der Waals surface area contributed by atoms with Gasteiger partial charge in [0.2, 0.25) is 17.7 Å². The molecule has 4 aromatic carbocycles. The molecule has 3 saturated heterocycles. The highest BCUT2D eigenvalue weighted by molar-refractivity contribution is 5.93. The lowest BCUT2D eigenvalue weighted by molar-refractivity contribution is -0.253. The van der Waals surface area contributed by atoms with Gasteiger partial charge in [-0.2, -0.15) is 0 Å². The standard InChI is InChI=1S/C44H51N5O7/c50-29-31-13-15-34(16-14-31)39-26-38(28-48-23-21-44(22-24-48)43(53)46-30-49(44)37-9-2-1-3-10-37)55-42(56-39)35-19-17-33(18-20-35)36-8-6-7-32(25-36)27-45-40(51)11-4-5-12-41(52)47-54/h1-3,6-10,13-20,25,38-39,42,50,54H,4-5,11-12,21-24,26-30H2,(H,45,51)(H,46,53)(H,47,52)/t38-,39+,42+/m0/s1. The third-order valence-corrected chi connectivity index (χ3v) is 11.3. The number of ether oxygens (including phenoxy) is 2. The van der Waals surface area contributed by atoms with E-state index in [9.17, 15) is 19.5 Å². The lowest BCUT2D eigenvalue weighted by Gasteiger charge is -2.45. The Morgan fingerprint density at radius 1 is 0.804 bits per heavy atom. The van der Waals surface area contributed by atoms with E-state index in [-0.39, 0.29) is 37.0 Å². The molecule has 56 heavy (non-hydrogen) atoms. The summed E-state index contributed by atoms with van der Waals surface area (Å²) in [6.45, 7) is 3.17. The number of aliphatic hydroxyl groups is 1. The Balaban J connectivity index is 0.998. The van der Waals surface area contributed by atoms with E-state index in [1.165, 1.54) is 0 Å². The number of hydroxylamine groups is 1. The molecule has 0 saturated carbocycles. The van der Waals surface area contributed by atoms with E-state index in [0.29, 0.717) is 38.9 Å². The molecule has 5 N–H and O–H groups in total. The summed E-state index contributed by atoms with van der Waals surface area (Å²) in [5, 5.41) is 24.3. The van der Waals surface area contributed by atoms with E-state index in [1.807, 2.05) is 72.8 Å². The number of hydrogen-bond acceptors (Lipinski definition) is 9. The van der Waals surface area contributed by atoms with Crippen molar-refractivity contribution < 1.29 is 34.2 Å². The van der Waals surface area contributed by atoms with Crippen LogP contribution >= 0.6 is 0 Å². The molecule has 12 nitrogen and oxygen atoms in total. The molecule has 0 aliphatic carbocycles. The van der Waals surface area contributed by atoms with Crippen LogP contribution in [0.5, 0.6) is 0 Å². The van der Waals surface area contributed by atoms with Crippen LogP contribution in [0.25, 0.3) is 11.1 Å². The topological polar surface area (TPSA) is 153 Å². The zero-order chi connectivity index (χ0) is 38.9. The van der Waals surface area contributed by atoms with Gasteiger partial charge in [-0.25, -0.2) is 5.48 Å². The van der Waals surface area contributed by atoms with Crippen molar-refractivity contribution in [1.29, 1.82) is 0 Å². The number of nitrogens with one attached hydrogen (secondary N) is 3. The minimum absolute atomic E-state index is 0.0186. The monoisotopic (exact) mass is 761 g/mol. The molecule has 3 heterocycles. The summed E-state index contributed by atoms with van der Waals surface area (Å²) in [5.74, 6) is -0.433. The van der Waals surface area contributed by atoms with Crippen molar-refractivity contribution in [3.63, 3.8) is 0 Å². The van der Waals surface area contributed by atoms with Crippen LogP contribution in [0, 0.1) is 0 Å². The van der Waals surface area contributed by atoms with E-state index < -0.39 is 17.7 Å². The van der Waals surface area contributed by atoms with Gasteiger partial charge in [0, 0.05) is 56.7 Å². The third-order valence-electron chi connectivity index (χ3n) is 11.3. The number of rotatable bonds is 14. The SMILES string of the molecule is O=C(CCCCC(=O)NCc1cccc(-c2ccc([C@@H]3O[C@H](CN4CCC5(CC4)C(=O)NCN5c4ccccc4)C[C@H](c4ccc(CO)cc4)O3)cc2)c1)NO. The first-order chi connectivity index (χ1) is 27.3. The molecule has 3 amide bonds. The van der Waals surface area contributed by atoms with E-state index in [1.54, 1.807) is 5.48 Å². The molecule has 3 aliphatic heterocycles. The van der Waals surface area contributed by atoms with Crippen molar-refractivity contribution in [2.24, 2.45) is 0 Å². The van der Waals surface area contributed by atoms with Gasteiger partial charge in [0.25, 0.3) is 0 Å². The maximum Gasteiger partial charge on any atom is 0.247 e. The number of para-hydroxylation sites is 1. The van der Waals surface area contributed by atoms with Crippen LogP contribution < -0.4 is 21.0 Å². The number of benzene rings is 4. The number of unbranched alkanes of at least 4 members (excludes halogenated alkanes) is 1. The van der Waals surface area contributed by atoms with E-state index in [0.717, 1.165) is 71.5 Å². The lowest BCUT2D eigenvalue weighted by atomic mass is 9.85. The largest absolute Gasteiger partial charge is 0.392 e. The molecule has 3 aliphatic rings. The Labute approximate surface area is 327 Å². The van der Waals surface area contributed by atoms with Crippen LogP contribution in [-0.4, -0.2) is 70.9 Å². The van der Waals surface area contributed by atoms with Gasteiger partial charge < -0.3 is 35.0 Å². The minimum Gasteiger partial charge on any atom is -0.392 e. The number of hydrogen-bond donors (Lipinski definition) is 5. The normalized spacial score (nSPS) is 20.8. The Morgan fingerprint density at radius 3 is 2.23 bits per heavy atom. The minimum atomic E-state index is -0.588. The Morgan fingerprint density at radius 2 is 1.52 bits per heavy atom. The van der Waals surface area contributed by atoms with Gasteiger partial charge in [-0.3, -0.25) is 19.6 Å². The van der Waals surface area contributed by atoms with E-state index in [2.05, 4.69) is 50.8 Å². The van der Waals surface area contributed by atoms with Crippen LogP contribution in [0.1, 0.15) is 79.6 Å². The van der Waals surface area contributed by atoms with Gasteiger partial charge in [-0.05, 0) is 71.7 Å². The summed E-state index contributed by atoms with van der Waals surface area (Å²) in [4.78, 5) is 41.4. The lowest BCUT2D eigenvalue weighted by Crippen LogP contribution is -2.57. The zero-order valence-corrected chi connectivity index (χ0v) is 31.6. The number of aliphatic hydroxyl groups excluding tert-OH is 1. The van der Waals surface area contributed by atoms with Crippen molar-refractivity contribution in [3.8, 4) is 11.1 Å². The first kappa shape index (κ1) is 39.1. The average Bonchev–Trinajstić information content (AvgIpc) is 3.56. The second-order valence-electron chi connectivity index (χ2n) is 15.0. The predicted octanol–water partition coefficient (Wildman–Crippen LogP) is 5.50. The average molecular weight is 762 g/mol. The van der Waals surface area contributed by atoms with Crippen molar-refractivity contribution in [2.45, 2.75) is 82.1 Å². The smallest absolute Gasteiger partial charge is 0.247 e. The highest BCUT2D eigenvalue weighted by Crippen LogP contribution is 2.40. The van der Waals surface area contributed by atoms with Crippen LogP contribution in [0.15, 0.2) is 103 Å². The second kappa shape index (κ2) is 18.2. The molecule has 3 atom stereocenters. The fourth-order valence-corrected chi connectivity index (χ4v) is 8.07. The predicted molar refractivity (Wildman–Crippen MR) is 211 cm³/mol. The molecule has 294 valence electrons. The molecule has 12 heteroatoms. The zero-order valence-electron chi connectivity index (χ0n) is 31.6. The Hall–Kier alpha value is -5.11. The second-order valence-corrected chi connectivity index (χ2v) is 15.0. The van der Waals surface area contributed by atoms with Crippen LogP contribution in [0.3, 0.4) is 0 Å². The Bertz CT molecular complexity index is 1930. The summed E-state index contributed by atoms with van der Waals surface area (Å²) < 4.78 is 13.3. The molecule has 7 rings (SSSR count). The Kier molecular flexibility index (Phi) is 12.7. The van der Waals surface area contributed by atoms with Crippen molar-refractivity contribution >= 4 is 23.4 Å². The number of anilines is 1. The summed E-state index contributed by atoms with van der Waals surface area (Å²) in [6.07, 6.45) is 2.81. The first-order valence-electron chi connectivity index (χ1n) is 19.6. The summed E-state index contributed by atoms with van der Waals surface area (Å²) in [5.41, 5.74) is 7.93. The number of piperidine rings is 1. The summed E-state index contributed by atoms with van der Waals surface area (Å²) in [7, 11) is 0. The maximum atomic E-state index is 13.3. The molecule has 1 spiro atoms. The highest BCUT2D eigenvalue weighted by atomic mass is 16.7. The molecule has 0 aromatic heterocycles. The third kappa shape index (κ3) is 9.29. The van der Waals surface area contributed by atoms with Gasteiger partial charge in [0.1, 0.15) is 5.54 Å². The molecule has 0 unspecified atom stereocenters. The van der Waals surface area contributed by atoms with Crippen LogP contribution in [0.2, 0.25) is 0 Å². The van der Waals surface area contributed by atoms with Gasteiger partial charge in [0.15, 0.2) is 6.29 Å². The van der Waals surface area contributed by atoms with Crippen molar-refractivity contribution in [2.75, 3.05) is 31.2 Å². The van der Waals surface area contributed by atoms with Crippen LogP contribution in [0.4, 0.5) is 5.69 Å².